The normalized spacial score (nSPS) is 17.1. The molecule has 3 aromatic rings. The van der Waals surface area contributed by atoms with Crippen molar-refractivity contribution < 1.29 is 29.3 Å². The Morgan fingerprint density at radius 3 is 2.26 bits per heavy atom. The van der Waals surface area contributed by atoms with Crippen molar-refractivity contribution in [2.24, 2.45) is 0 Å². The first-order valence-corrected chi connectivity index (χ1v) is 11.2. The molecule has 0 bridgehead atoms. The molecular formula is C26H21Cl2NO6. The second-order valence-electron chi connectivity index (χ2n) is 7.86. The molecule has 0 saturated carbocycles. The molecule has 1 heterocycles. The number of amides is 1. The predicted octanol–water partition coefficient (Wildman–Crippen LogP) is 5.65. The van der Waals surface area contributed by atoms with Crippen LogP contribution in [-0.2, 0) is 9.59 Å². The van der Waals surface area contributed by atoms with Gasteiger partial charge in [0.1, 0.15) is 16.5 Å². The zero-order valence-electron chi connectivity index (χ0n) is 19.0. The third-order valence-electron chi connectivity index (χ3n) is 5.74. The van der Waals surface area contributed by atoms with Gasteiger partial charge in [0.05, 0.1) is 42.1 Å². The van der Waals surface area contributed by atoms with Crippen molar-refractivity contribution in [3.8, 4) is 17.2 Å². The minimum atomic E-state index is -1.05. The second-order valence-corrected chi connectivity index (χ2v) is 8.64. The van der Waals surface area contributed by atoms with Gasteiger partial charge in [0.25, 0.3) is 11.7 Å². The molecule has 0 aromatic heterocycles. The topological polar surface area (TPSA) is 96.3 Å². The van der Waals surface area contributed by atoms with E-state index in [2.05, 4.69) is 0 Å². The fourth-order valence-corrected chi connectivity index (χ4v) is 4.84. The first-order valence-electron chi connectivity index (χ1n) is 10.5. The highest BCUT2D eigenvalue weighted by atomic mass is 35.5. The number of aliphatic hydroxyl groups is 1. The molecule has 3 aromatic carbocycles. The van der Waals surface area contributed by atoms with Crippen LogP contribution in [-0.4, -0.2) is 36.1 Å². The number of hydrogen-bond acceptors (Lipinski definition) is 6. The molecule has 1 aliphatic heterocycles. The summed E-state index contributed by atoms with van der Waals surface area (Å²) >= 11 is 12.7. The van der Waals surface area contributed by atoms with Crippen molar-refractivity contribution in [2.75, 3.05) is 19.1 Å². The van der Waals surface area contributed by atoms with E-state index < -0.39 is 23.5 Å². The van der Waals surface area contributed by atoms with Crippen LogP contribution < -0.4 is 14.4 Å². The summed E-state index contributed by atoms with van der Waals surface area (Å²) in [5, 5.41) is 22.1. The second kappa shape index (κ2) is 9.52. The number of aryl methyl sites for hydroxylation is 1. The number of ketones is 1. The number of methoxy groups -OCH3 is 2. The molecule has 7 nitrogen and oxygen atoms in total. The molecule has 2 N–H and O–H groups in total. The van der Waals surface area contributed by atoms with Gasteiger partial charge in [-0.25, -0.2) is 0 Å². The number of ether oxygens (including phenoxy) is 2. The Morgan fingerprint density at radius 2 is 1.63 bits per heavy atom. The first-order chi connectivity index (χ1) is 16.7. The summed E-state index contributed by atoms with van der Waals surface area (Å²) in [4.78, 5) is 27.8. The zero-order chi connectivity index (χ0) is 25.4. The van der Waals surface area contributed by atoms with Gasteiger partial charge >= 0.3 is 0 Å². The van der Waals surface area contributed by atoms with E-state index >= 15 is 0 Å². The lowest BCUT2D eigenvalue weighted by Crippen LogP contribution is -2.29. The Kier molecular flexibility index (Phi) is 6.65. The van der Waals surface area contributed by atoms with E-state index in [9.17, 15) is 19.8 Å². The Balaban J connectivity index is 2.04. The van der Waals surface area contributed by atoms with Gasteiger partial charge < -0.3 is 19.7 Å². The van der Waals surface area contributed by atoms with Gasteiger partial charge in [0, 0.05) is 0 Å². The summed E-state index contributed by atoms with van der Waals surface area (Å²) in [7, 11) is 2.71. The molecule has 0 radical (unpaired) electrons. The van der Waals surface area contributed by atoms with Gasteiger partial charge in [-0.3, -0.25) is 14.5 Å². The largest absolute Gasteiger partial charge is 0.507 e. The van der Waals surface area contributed by atoms with Crippen LogP contribution in [0, 0.1) is 6.92 Å². The van der Waals surface area contributed by atoms with Crippen molar-refractivity contribution in [1.82, 2.24) is 0 Å². The van der Waals surface area contributed by atoms with Crippen LogP contribution >= 0.6 is 23.2 Å². The minimum absolute atomic E-state index is 0.00846. The number of carbonyl (C=O) groups is 2. The SMILES string of the molecule is COc1c(Cl)cc(/C(O)=C2\C(=O)C(=O)N(c3cc(C)ccc3O)C2c2ccccc2)c(OC)c1Cl. The number of benzene rings is 3. The number of anilines is 1. The molecule has 1 aliphatic rings. The van der Waals surface area contributed by atoms with Crippen LogP contribution in [0.5, 0.6) is 17.2 Å². The highest BCUT2D eigenvalue weighted by Gasteiger charge is 2.48. The highest BCUT2D eigenvalue weighted by Crippen LogP contribution is 2.49. The summed E-state index contributed by atoms with van der Waals surface area (Å²) in [6.45, 7) is 1.79. The lowest BCUT2D eigenvalue weighted by molar-refractivity contribution is -0.132. The minimum Gasteiger partial charge on any atom is -0.507 e. The Hall–Kier alpha value is -3.68. The molecule has 1 atom stereocenters. The van der Waals surface area contributed by atoms with Gasteiger partial charge in [-0.15, -0.1) is 0 Å². The Labute approximate surface area is 211 Å². The summed E-state index contributed by atoms with van der Waals surface area (Å²) in [6.07, 6.45) is 0. The van der Waals surface area contributed by atoms with Crippen molar-refractivity contribution in [2.45, 2.75) is 13.0 Å². The van der Waals surface area contributed by atoms with E-state index in [1.54, 1.807) is 49.4 Å². The average molecular weight is 514 g/mol. The van der Waals surface area contributed by atoms with Crippen LogP contribution in [0.2, 0.25) is 10.0 Å². The first kappa shape index (κ1) is 24.4. The number of halogens is 2. The van der Waals surface area contributed by atoms with E-state index in [1.165, 1.54) is 31.3 Å². The molecule has 1 fully saturated rings. The quantitative estimate of drug-likeness (QED) is 0.260. The maximum Gasteiger partial charge on any atom is 0.300 e. The smallest absolute Gasteiger partial charge is 0.300 e. The van der Waals surface area contributed by atoms with Crippen molar-refractivity contribution in [3.63, 3.8) is 0 Å². The molecule has 9 heteroatoms. The van der Waals surface area contributed by atoms with Gasteiger partial charge in [-0.2, -0.15) is 0 Å². The van der Waals surface area contributed by atoms with E-state index in [4.69, 9.17) is 32.7 Å². The molecule has 0 aliphatic carbocycles. The molecule has 1 unspecified atom stereocenters. The number of aliphatic hydroxyl groups excluding tert-OH is 1. The Bertz CT molecular complexity index is 1370. The number of aromatic hydroxyl groups is 1. The predicted molar refractivity (Wildman–Crippen MR) is 134 cm³/mol. The number of carbonyl (C=O) groups excluding carboxylic acids is 2. The maximum atomic E-state index is 13.4. The summed E-state index contributed by atoms with van der Waals surface area (Å²) in [5.74, 6) is -2.43. The third-order valence-corrected chi connectivity index (χ3v) is 6.37. The molecular weight excluding hydrogens is 493 g/mol. The van der Waals surface area contributed by atoms with E-state index in [1.807, 2.05) is 0 Å². The van der Waals surface area contributed by atoms with Gasteiger partial charge in [0.15, 0.2) is 11.5 Å². The maximum absolute atomic E-state index is 13.4. The lowest BCUT2D eigenvalue weighted by atomic mass is 9.94. The number of phenolic OH excluding ortho intramolecular Hbond substituents is 1. The van der Waals surface area contributed by atoms with Crippen molar-refractivity contribution in [3.05, 3.63) is 86.9 Å². The summed E-state index contributed by atoms with van der Waals surface area (Å²) in [5.41, 5.74) is 1.24. The van der Waals surface area contributed by atoms with Crippen LogP contribution in [0.15, 0.2) is 60.2 Å². The summed E-state index contributed by atoms with van der Waals surface area (Å²) in [6, 6.07) is 13.7. The van der Waals surface area contributed by atoms with Crippen LogP contribution in [0.3, 0.4) is 0 Å². The number of phenols is 1. The van der Waals surface area contributed by atoms with E-state index in [0.717, 1.165) is 5.56 Å². The highest BCUT2D eigenvalue weighted by molar-refractivity contribution is 6.52. The standard InChI is InChI=1S/C26H21Cl2NO6/c1-13-9-10-18(30)17(11-13)29-21(14-7-5-4-6-8-14)19(23(32)26(29)33)22(31)15-12-16(27)25(35-3)20(28)24(15)34-2/h4-12,21,30-31H,1-3H3/b22-19+. The van der Waals surface area contributed by atoms with Crippen molar-refractivity contribution in [1.29, 1.82) is 0 Å². The molecule has 4 rings (SSSR count). The third kappa shape index (κ3) is 4.07. The molecule has 1 saturated heterocycles. The number of Topliss-reactive ketones (excluding diaryl/α,β-unsaturated/α-hetero) is 1. The molecule has 180 valence electrons. The van der Waals surface area contributed by atoms with E-state index in [-0.39, 0.29) is 44.1 Å². The van der Waals surface area contributed by atoms with Crippen LogP contribution in [0.25, 0.3) is 5.76 Å². The van der Waals surface area contributed by atoms with Crippen molar-refractivity contribution >= 4 is 46.3 Å². The zero-order valence-corrected chi connectivity index (χ0v) is 20.5. The molecule has 1 amide bonds. The van der Waals surface area contributed by atoms with E-state index in [0.29, 0.717) is 5.56 Å². The van der Waals surface area contributed by atoms with Crippen LogP contribution in [0.4, 0.5) is 5.69 Å². The molecule has 0 spiro atoms. The van der Waals surface area contributed by atoms with Gasteiger partial charge in [-0.1, -0.05) is 59.6 Å². The van der Waals surface area contributed by atoms with Gasteiger partial charge in [-0.05, 0) is 36.2 Å². The monoisotopic (exact) mass is 513 g/mol. The van der Waals surface area contributed by atoms with Gasteiger partial charge in [0.2, 0.25) is 0 Å². The molecule has 35 heavy (non-hydrogen) atoms. The van der Waals surface area contributed by atoms with Crippen LogP contribution in [0.1, 0.15) is 22.7 Å². The Morgan fingerprint density at radius 1 is 0.971 bits per heavy atom. The fraction of sp³-hybridized carbons (Fsp3) is 0.154. The number of hydrogen-bond donors (Lipinski definition) is 2. The fourth-order valence-electron chi connectivity index (χ4n) is 4.15. The summed E-state index contributed by atoms with van der Waals surface area (Å²) < 4.78 is 10.6. The lowest BCUT2D eigenvalue weighted by Gasteiger charge is -2.26. The average Bonchev–Trinajstić information content (AvgIpc) is 3.11. The number of nitrogens with zero attached hydrogens (tertiary/aromatic N) is 1. The number of rotatable bonds is 5.